The van der Waals surface area contributed by atoms with Gasteiger partial charge in [0.1, 0.15) is 0 Å². The minimum atomic E-state index is -5.68. The molecule has 0 aliphatic rings. The van der Waals surface area contributed by atoms with Crippen LogP contribution in [-0.2, 0) is 32.0 Å². The Labute approximate surface area is 86.1 Å². The van der Waals surface area contributed by atoms with Crippen molar-refractivity contribution in [2.24, 2.45) is 0 Å². The van der Waals surface area contributed by atoms with Crippen LogP contribution in [0, 0.1) is 0 Å². The quantitative estimate of drug-likeness (QED) is 0.341. The Hall–Kier alpha value is 1.44. The van der Waals surface area contributed by atoms with Gasteiger partial charge in [-0.2, -0.15) is 0 Å². The molecule has 0 radical (unpaired) electrons. The molecule has 0 heterocycles. The van der Waals surface area contributed by atoms with Gasteiger partial charge in [-0.3, -0.25) is 0 Å². The molecule has 0 aromatic rings. The molecule has 0 saturated carbocycles. The van der Waals surface area contributed by atoms with E-state index in [9.17, 15) is 28.7 Å². The summed E-state index contributed by atoms with van der Waals surface area (Å²) in [6, 6.07) is 0. The van der Waals surface area contributed by atoms with Crippen molar-refractivity contribution in [3.05, 3.63) is 0 Å². The van der Waals surface area contributed by atoms with E-state index in [0.29, 0.717) is 0 Å². The molecule has 0 saturated heterocycles. The molecule has 0 aromatic carbocycles. The van der Waals surface area contributed by atoms with Crippen LogP contribution in [0.2, 0.25) is 0 Å². The van der Waals surface area contributed by atoms with E-state index in [4.69, 9.17) is 0 Å². The molecule has 11 heteroatoms. The molecular weight excluding hydrogens is 232 g/mol. The summed E-state index contributed by atoms with van der Waals surface area (Å²) < 4.78 is 21.2. The summed E-state index contributed by atoms with van der Waals surface area (Å²) in [5.41, 5.74) is 0. The monoisotopic (exact) mass is 232 g/mol. The minimum absolute atomic E-state index is 0. The summed E-state index contributed by atoms with van der Waals surface area (Å²) in [6.45, 7) is 0. The summed E-state index contributed by atoms with van der Waals surface area (Å²) in [4.78, 5) is 37.3. The molecule has 0 unspecified atom stereocenters. The first-order valence-corrected chi connectivity index (χ1v) is 4.38. The van der Waals surface area contributed by atoms with Crippen molar-refractivity contribution in [2.45, 2.75) is 0 Å². The fourth-order valence-electron chi connectivity index (χ4n) is 0.122. The first-order chi connectivity index (χ1) is 3.71. The zero-order chi connectivity index (χ0) is 7.71. The van der Waals surface area contributed by atoms with Gasteiger partial charge < -0.3 is 33.0 Å². The fraction of sp³-hybridized carbons (Fsp3) is 0. The van der Waals surface area contributed by atoms with E-state index < -0.39 is 15.6 Å². The SMILES string of the molecule is O=P([O-])([O-])OP(=O)([O-])[O-].[Li+].[V+5]. The minimum Gasteiger partial charge on any atom is -0.790 e. The first kappa shape index (κ1) is 18.3. The molecule has 0 spiro atoms. The summed E-state index contributed by atoms with van der Waals surface area (Å²) >= 11 is 0. The summed E-state index contributed by atoms with van der Waals surface area (Å²) in [5, 5.41) is 0. The van der Waals surface area contributed by atoms with Gasteiger partial charge >= 0.3 is 37.4 Å². The van der Waals surface area contributed by atoms with Gasteiger partial charge in [0.25, 0.3) is 0 Å². The van der Waals surface area contributed by atoms with E-state index in [-0.39, 0.29) is 37.4 Å². The van der Waals surface area contributed by atoms with Crippen LogP contribution in [0.4, 0.5) is 0 Å². The van der Waals surface area contributed by atoms with Crippen LogP contribution in [0.3, 0.4) is 0 Å². The van der Waals surface area contributed by atoms with E-state index in [1.165, 1.54) is 0 Å². The third kappa shape index (κ3) is 18.4. The molecule has 0 rings (SSSR count). The molecule has 11 heavy (non-hydrogen) atoms. The molecule has 0 aromatic heterocycles. The fourth-order valence-corrected chi connectivity index (χ4v) is 1.10. The normalized spacial score (nSPS) is 11.3. The molecule has 0 atom stereocenters. The molecule has 0 aliphatic heterocycles. The third-order valence-corrected chi connectivity index (χ3v) is 1.80. The number of hydrogen-bond donors (Lipinski definition) is 0. The Kier molecular flexibility index (Phi) is 9.94. The number of hydrogen-bond acceptors (Lipinski definition) is 7. The second-order valence-corrected chi connectivity index (χ2v) is 3.42. The predicted molar refractivity (Wildman–Crippen MR) is 16.3 cm³/mol. The van der Waals surface area contributed by atoms with Gasteiger partial charge in [0, 0.05) is 0 Å². The molecule has 0 N–H and O–H groups in total. The second-order valence-electron chi connectivity index (χ2n) is 0.976. The van der Waals surface area contributed by atoms with Crippen LogP contribution >= 0.6 is 15.6 Å². The maximum absolute atomic E-state index is 9.32. The van der Waals surface area contributed by atoms with Crippen LogP contribution in [0.5, 0.6) is 0 Å². The zero-order valence-electron chi connectivity index (χ0n) is 5.20. The number of phosphoric acid groups is 2. The average Bonchev–Trinajstić information content (AvgIpc) is 1.14. The van der Waals surface area contributed by atoms with E-state index in [1.54, 1.807) is 0 Å². The van der Waals surface area contributed by atoms with Gasteiger partial charge in [0.05, 0.1) is 15.6 Å². The van der Waals surface area contributed by atoms with Crippen LogP contribution in [-0.4, -0.2) is 0 Å². The van der Waals surface area contributed by atoms with Gasteiger partial charge in [0.15, 0.2) is 0 Å². The van der Waals surface area contributed by atoms with Gasteiger partial charge in [0.2, 0.25) is 0 Å². The molecule has 0 amide bonds. The van der Waals surface area contributed by atoms with Crippen molar-refractivity contribution in [2.75, 3.05) is 0 Å². The molecular formula is LiO7P2V+2. The Morgan fingerprint density at radius 3 is 1.09 bits per heavy atom. The standard InChI is InChI=1S/Li.H4O7P2.V/c;1-8(2,3)7-9(4,5)6;/h;(H2,1,2,3)(H2,4,5,6);/q+1;;+5/p-4. The number of rotatable bonds is 2. The Balaban J connectivity index is -0.000000320. The van der Waals surface area contributed by atoms with Crippen molar-refractivity contribution in [3.63, 3.8) is 0 Å². The van der Waals surface area contributed by atoms with Crippen LogP contribution in [0.1, 0.15) is 0 Å². The van der Waals surface area contributed by atoms with Crippen LogP contribution in [0.25, 0.3) is 0 Å². The van der Waals surface area contributed by atoms with Gasteiger partial charge in [-0.1, -0.05) is 0 Å². The second kappa shape index (κ2) is 5.98. The van der Waals surface area contributed by atoms with E-state index in [2.05, 4.69) is 4.31 Å². The van der Waals surface area contributed by atoms with E-state index in [1.807, 2.05) is 0 Å². The van der Waals surface area contributed by atoms with Gasteiger partial charge in [-0.05, 0) is 0 Å². The van der Waals surface area contributed by atoms with Gasteiger partial charge in [-0.15, -0.1) is 0 Å². The molecule has 56 valence electrons. The predicted octanol–water partition coefficient (Wildman–Crippen LogP) is -6.34. The summed E-state index contributed by atoms with van der Waals surface area (Å²) in [6.07, 6.45) is 0. The zero-order valence-corrected chi connectivity index (χ0v) is 8.38. The Bertz CT molecular complexity index is 157. The topological polar surface area (TPSA) is 136 Å². The van der Waals surface area contributed by atoms with Gasteiger partial charge in [-0.25, -0.2) is 0 Å². The van der Waals surface area contributed by atoms with E-state index in [0.717, 1.165) is 0 Å². The summed E-state index contributed by atoms with van der Waals surface area (Å²) in [7, 11) is -11.4. The Morgan fingerprint density at radius 1 is 0.909 bits per heavy atom. The van der Waals surface area contributed by atoms with Crippen molar-refractivity contribution < 1.29 is 70.4 Å². The Morgan fingerprint density at radius 2 is 1.09 bits per heavy atom. The third-order valence-electron chi connectivity index (χ3n) is 0.200. The maximum atomic E-state index is 9.32. The van der Waals surface area contributed by atoms with E-state index >= 15 is 0 Å². The molecule has 0 fully saturated rings. The first-order valence-electron chi connectivity index (χ1n) is 1.46. The van der Waals surface area contributed by atoms with Crippen molar-refractivity contribution >= 4 is 15.6 Å². The summed E-state index contributed by atoms with van der Waals surface area (Å²) in [5.74, 6) is 0. The molecule has 0 aliphatic carbocycles. The van der Waals surface area contributed by atoms with Crippen LogP contribution in [0.15, 0.2) is 0 Å². The van der Waals surface area contributed by atoms with Crippen molar-refractivity contribution in [1.29, 1.82) is 0 Å². The average molecular weight is 232 g/mol. The smallest absolute Gasteiger partial charge is 0.790 e. The van der Waals surface area contributed by atoms with Crippen molar-refractivity contribution in [3.8, 4) is 0 Å². The maximum Gasteiger partial charge on any atom is 5.00 e. The van der Waals surface area contributed by atoms with Crippen LogP contribution < -0.4 is 38.4 Å². The van der Waals surface area contributed by atoms with Crippen molar-refractivity contribution in [1.82, 2.24) is 0 Å². The molecule has 7 nitrogen and oxygen atoms in total. The largest absolute Gasteiger partial charge is 5.00 e. The molecule has 0 bridgehead atoms.